The summed E-state index contributed by atoms with van der Waals surface area (Å²) in [5, 5.41) is 8.71. The average molecular weight is 397 g/mol. The molecule has 2 fully saturated rings. The summed E-state index contributed by atoms with van der Waals surface area (Å²) >= 11 is 0. The third kappa shape index (κ3) is 8.82. The molecule has 0 aromatic rings. The van der Waals surface area contributed by atoms with Crippen molar-refractivity contribution in [2.75, 3.05) is 0 Å². The standard InChI is InChI=1S/C24H44O4/c1-2-3-4-5-7-11-16-21-22(17-12-8-6-9-13-18-23(25)26)28-24(27-21)19-14-10-15-20-24/h21-22H,2-20H2,1H3,(H,25,26). The smallest absolute Gasteiger partial charge is 0.303 e. The first-order valence-electron chi connectivity index (χ1n) is 12.2. The van der Waals surface area contributed by atoms with Crippen LogP contribution in [0.1, 0.15) is 129 Å². The molecule has 0 aromatic heterocycles. The molecule has 1 heterocycles. The van der Waals surface area contributed by atoms with Gasteiger partial charge in [-0.2, -0.15) is 0 Å². The minimum Gasteiger partial charge on any atom is -0.481 e. The van der Waals surface area contributed by atoms with Gasteiger partial charge in [-0.25, -0.2) is 0 Å². The van der Waals surface area contributed by atoms with Gasteiger partial charge in [-0.05, 0) is 32.1 Å². The van der Waals surface area contributed by atoms with Gasteiger partial charge in [0.25, 0.3) is 0 Å². The Morgan fingerprint density at radius 2 is 1.29 bits per heavy atom. The highest BCUT2D eigenvalue weighted by Crippen LogP contribution is 2.43. The Labute approximate surface area is 172 Å². The van der Waals surface area contributed by atoms with Crippen LogP contribution in [0.25, 0.3) is 0 Å². The molecule has 0 amide bonds. The van der Waals surface area contributed by atoms with Crippen molar-refractivity contribution in [2.45, 2.75) is 147 Å². The van der Waals surface area contributed by atoms with Gasteiger partial charge in [0, 0.05) is 19.3 Å². The molecule has 1 saturated carbocycles. The van der Waals surface area contributed by atoms with Crippen molar-refractivity contribution in [3.8, 4) is 0 Å². The fourth-order valence-corrected chi connectivity index (χ4v) is 4.83. The van der Waals surface area contributed by atoms with Crippen LogP contribution < -0.4 is 0 Å². The molecular formula is C24H44O4. The lowest BCUT2D eigenvalue weighted by atomic mass is 9.94. The van der Waals surface area contributed by atoms with Gasteiger partial charge < -0.3 is 14.6 Å². The van der Waals surface area contributed by atoms with E-state index < -0.39 is 5.97 Å². The first kappa shape index (κ1) is 23.7. The summed E-state index contributed by atoms with van der Waals surface area (Å²) < 4.78 is 13.1. The Hall–Kier alpha value is -0.610. The van der Waals surface area contributed by atoms with Crippen LogP contribution in [0.5, 0.6) is 0 Å². The topological polar surface area (TPSA) is 55.8 Å². The van der Waals surface area contributed by atoms with Crippen LogP contribution in [-0.2, 0) is 14.3 Å². The third-order valence-corrected chi connectivity index (χ3v) is 6.48. The van der Waals surface area contributed by atoms with Crippen LogP contribution in [0.15, 0.2) is 0 Å². The lowest BCUT2D eigenvalue weighted by Crippen LogP contribution is -2.33. The molecule has 4 heteroatoms. The molecule has 0 bridgehead atoms. The molecule has 1 aliphatic heterocycles. The molecule has 0 aromatic carbocycles. The number of hydrogen-bond acceptors (Lipinski definition) is 3. The highest BCUT2D eigenvalue weighted by Gasteiger charge is 2.47. The van der Waals surface area contributed by atoms with Crippen molar-refractivity contribution in [1.82, 2.24) is 0 Å². The van der Waals surface area contributed by atoms with Gasteiger partial charge in [0.2, 0.25) is 0 Å². The molecule has 0 radical (unpaired) electrons. The van der Waals surface area contributed by atoms with E-state index in [9.17, 15) is 4.79 Å². The van der Waals surface area contributed by atoms with Crippen LogP contribution in [-0.4, -0.2) is 29.1 Å². The fraction of sp³-hybridized carbons (Fsp3) is 0.958. The molecule has 4 nitrogen and oxygen atoms in total. The Morgan fingerprint density at radius 3 is 1.82 bits per heavy atom. The molecular weight excluding hydrogens is 352 g/mol. The van der Waals surface area contributed by atoms with E-state index in [0.29, 0.717) is 6.42 Å². The van der Waals surface area contributed by atoms with E-state index in [1.807, 2.05) is 0 Å². The zero-order valence-corrected chi connectivity index (χ0v) is 18.3. The van der Waals surface area contributed by atoms with Crippen molar-refractivity contribution >= 4 is 5.97 Å². The van der Waals surface area contributed by atoms with Gasteiger partial charge in [-0.3, -0.25) is 4.79 Å². The molecule has 2 aliphatic rings. The second kappa shape index (κ2) is 13.6. The molecule has 2 unspecified atom stereocenters. The van der Waals surface area contributed by atoms with E-state index in [4.69, 9.17) is 14.6 Å². The second-order valence-corrected chi connectivity index (χ2v) is 9.04. The minimum atomic E-state index is -0.674. The number of carbonyl (C=O) groups is 1. The highest BCUT2D eigenvalue weighted by atomic mass is 16.8. The molecule has 2 rings (SSSR count). The van der Waals surface area contributed by atoms with E-state index in [1.165, 1.54) is 70.6 Å². The van der Waals surface area contributed by atoms with E-state index in [2.05, 4.69) is 6.92 Å². The molecule has 1 N–H and O–H groups in total. The second-order valence-electron chi connectivity index (χ2n) is 9.04. The third-order valence-electron chi connectivity index (χ3n) is 6.48. The summed E-state index contributed by atoms with van der Waals surface area (Å²) in [7, 11) is 0. The SMILES string of the molecule is CCCCCCCCC1OC2(CCCCC2)OC1CCCCCCCC(=O)O. The normalized spacial score (nSPS) is 24.0. The molecule has 2 atom stereocenters. The Bertz CT molecular complexity index is 417. The van der Waals surface area contributed by atoms with Gasteiger partial charge in [0.15, 0.2) is 5.79 Å². The maximum absolute atomic E-state index is 10.6. The van der Waals surface area contributed by atoms with Crippen molar-refractivity contribution in [3.05, 3.63) is 0 Å². The quantitative estimate of drug-likeness (QED) is 0.303. The predicted octanol–water partition coefficient (Wildman–Crippen LogP) is 7.00. The number of carboxylic acids is 1. The molecule has 28 heavy (non-hydrogen) atoms. The molecule has 1 saturated heterocycles. The van der Waals surface area contributed by atoms with Crippen molar-refractivity contribution in [3.63, 3.8) is 0 Å². The van der Waals surface area contributed by atoms with Crippen LogP contribution in [0.4, 0.5) is 0 Å². The number of unbranched alkanes of at least 4 members (excludes halogenated alkanes) is 9. The number of rotatable bonds is 15. The zero-order chi connectivity index (χ0) is 20.1. The summed E-state index contributed by atoms with van der Waals surface area (Å²) in [5.41, 5.74) is 0. The average Bonchev–Trinajstić information content (AvgIpc) is 3.01. The van der Waals surface area contributed by atoms with Gasteiger partial charge in [-0.15, -0.1) is 0 Å². The Kier molecular flexibility index (Phi) is 11.5. The Morgan fingerprint density at radius 1 is 0.786 bits per heavy atom. The van der Waals surface area contributed by atoms with E-state index in [0.717, 1.165) is 44.9 Å². The summed E-state index contributed by atoms with van der Waals surface area (Å²) in [6.45, 7) is 2.27. The van der Waals surface area contributed by atoms with Crippen molar-refractivity contribution in [2.24, 2.45) is 0 Å². The molecule has 1 spiro atoms. The van der Waals surface area contributed by atoms with Crippen LogP contribution in [0.2, 0.25) is 0 Å². The van der Waals surface area contributed by atoms with Crippen molar-refractivity contribution in [1.29, 1.82) is 0 Å². The Balaban J connectivity index is 1.68. The van der Waals surface area contributed by atoms with Gasteiger partial charge >= 0.3 is 5.97 Å². The van der Waals surface area contributed by atoms with Crippen LogP contribution in [0.3, 0.4) is 0 Å². The van der Waals surface area contributed by atoms with Crippen molar-refractivity contribution < 1.29 is 19.4 Å². The van der Waals surface area contributed by atoms with Gasteiger partial charge in [-0.1, -0.05) is 77.6 Å². The number of hydrogen-bond donors (Lipinski definition) is 1. The summed E-state index contributed by atoms with van der Waals surface area (Å²) in [5.74, 6) is -0.941. The van der Waals surface area contributed by atoms with Gasteiger partial charge in [0.1, 0.15) is 0 Å². The first-order valence-corrected chi connectivity index (χ1v) is 12.2. The summed E-state index contributed by atoms with van der Waals surface area (Å²) in [6.07, 6.45) is 22.3. The molecule has 164 valence electrons. The van der Waals surface area contributed by atoms with Crippen LogP contribution in [0, 0.1) is 0 Å². The number of carboxylic acid groups (broad SMARTS) is 1. The summed E-state index contributed by atoms with van der Waals surface area (Å²) in [6, 6.07) is 0. The lowest BCUT2D eigenvalue weighted by molar-refractivity contribution is -0.194. The monoisotopic (exact) mass is 396 g/mol. The van der Waals surface area contributed by atoms with E-state index >= 15 is 0 Å². The largest absolute Gasteiger partial charge is 0.481 e. The lowest BCUT2D eigenvalue weighted by Gasteiger charge is -2.32. The maximum atomic E-state index is 10.6. The van der Waals surface area contributed by atoms with E-state index in [-0.39, 0.29) is 18.0 Å². The van der Waals surface area contributed by atoms with E-state index in [1.54, 1.807) is 0 Å². The highest BCUT2D eigenvalue weighted by molar-refractivity contribution is 5.66. The summed E-state index contributed by atoms with van der Waals surface area (Å²) in [4.78, 5) is 10.6. The fourth-order valence-electron chi connectivity index (χ4n) is 4.83. The van der Waals surface area contributed by atoms with Crippen LogP contribution >= 0.6 is 0 Å². The number of aliphatic carboxylic acids is 1. The predicted molar refractivity (Wildman–Crippen MR) is 114 cm³/mol. The van der Waals surface area contributed by atoms with Gasteiger partial charge in [0.05, 0.1) is 12.2 Å². The zero-order valence-electron chi connectivity index (χ0n) is 18.3. The first-order chi connectivity index (χ1) is 13.7. The minimum absolute atomic E-state index is 0.267. The number of ether oxygens (including phenoxy) is 2. The maximum Gasteiger partial charge on any atom is 0.303 e. The molecule has 1 aliphatic carbocycles.